The van der Waals surface area contributed by atoms with E-state index < -0.39 is 12.0 Å². The first-order valence-electron chi connectivity index (χ1n) is 9.65. The number of aryl methyl sites for hydroxylation is 1. The van der Waals surface area contributed by atoms with Crippen molar-refractivity contribution in [3.8, 4) is 0 Å². The molecule has 6 heteroatoms. The largest absolute Gasteiger partial charge is 0.481 e. The molecule has 29 heavy (non-hydrogen) atoms. The van der Waals surface area contributed by atoms with Crippen molar-refractivity contribution in [3.63, 3.8) is 0 Å². The fraction of sp³-hybridized carbons (Fsp3) is 0.348. The Bertz CT molecular complexity index is 819. The molecule has 1 amide bonds. The number of aliphatic carboxylic acids is 1. The van der Waals surface area contributed by atoms with Gasteiger partial charge in [0.05, 0.1) is 0 Å². The SMILES string of the molecule is CC(C)CC(=O)C(c1ccccc1CCC(=O)O)N(C=O)OCc1ccccc1. The number of Topliss-reactive ketones (excluding diaryl/α,β-unsaturated/α-hetero) is 1. The Kier molecular flexibility index (Phi) is 8.55. The van der Waals surface area contributed by atoms with E-state index in [0.717, 1.165) is 10.6 Å². The smallest absolute Gasteiger partial charge is 0.303 e. The van der Waals surface area contributed by atoms with Gasteiger partial charge >= 0.3 is 5.97 Å². The van der Waals surface area contributed by atoms with Crippen LogP contribution in [0.15, 0.2) is 54.6 Å². The van der Waals surface area contributed by atoms with Gasteiger partial charge in [0.2, 0.25) is 6.41 Å². The molecule has 0 aliphatic heterocycles. The molecule has 2 rings (SSSR count). The Morgan fingerprint density at radius 3 is 2.34 bits per heavy atom. The first kappa shape index (κ1) is 22.3. The molecule has 2 aromatic carbocycles. The van der Waals surface area contributed by atoms with E-state index in [1.54, 1.807) is 24.3 Å². The number of carbonyl (C=O) groups excluding carboxylic acids is 2. The summed E-state index contributed by atoms with van der Waals surface area (Å²) < 4.78 is 0. The lowest BCUT2D eigenvalue weighted by molar-refractivity contribution is -0.196. The zero-order valence-corrected chi connectivity index (χ0v) is 16.8. The summed E-state index contributed by atoms with van der Waals surface area (Å²) in [5, 5.41) is 10.1. The second-order valence-electron chi connectivity index (χ2n) is 7.28. The molecule has 0 saturated heterocycles. The number of amides is 1. The number of carboxylic acids is 1. The highest BCUT2D eigenvalue weighted by molar-refractivity contribution is 5.87. The zero-order valence-electron chi connectivity index (χ0n) is 16.8. The van der Waals surface area contributed by atoms with E-state index in [0.29, 0.717) is 17.5 Å². The minimum atomic E-state index is -0.927. The molecule has 1 N–H and O–H groups in total. The summed E-state index contributed by atoms with van der Waals surface area (Å²) in [6, 6.07) is 15.5. The van der Waals surface area contributed by atoms with E-state index in [2.05, 4.69) is 0 Å². The van der Waals surface area contributed by atoms with Crippen LogP contribution in [-0.4, -0.2) is 28.3 Å². The van der Waals surface area contributed by atoms with E-state index >= 15 is 0 Å². The van der Waals surface area contributed by atoms with Crippen molar-refractivity contribution in [2.45, 2.75) is 45.8 Å². The molecule has 0 saturated carbocycles. The number of carbonyl (C=O) groups is 3. The van der Waals surface area contributed by atoms with Gasteiger partial charge in [-0.2, -0.15) is 0 Å². The maximum atomic E-state index is 13.1. The molecule has 1 unspecified atom stereocenters. The molecule has 0 aliphatic rings. The third-order valence-electron chi connectivity index (χ3n) is 4.45. The molecule has 154 valence electrons. The van der Waals surface area contributed by atoms with Crippen LogP contribution in [0.5, 0.6) is 0 Å². The van der Waals surface area contributed by atoms with Gasteiger partial charge < -0.3 is 5.11 Å². The predicted molar refractivity (Wildman–Crippen MR) is 109 cm³/mol. The number of hydrogen-bond donors (Lipinski definition) is 1. The Balaban J connectivity index is 2.34. The maximum Gasteiger partial charge on any atom is 0.303 e. The number of hydrogen-bond acceptors (Lipinski definition) is 4. The van der Waals surface area contributed by atoms with Gasteiger partial charge in [-0.25, -0.2) is 5.06 Å². The highest BCUT2D eigenvalue weighted by Crippen LogP contribution is 2.28. The van der Waals surface area contributed by atoms with Crippen molar-refractivity contribution in [1.82, 2.24) is 5.06 Å². The molecule has 0 aromatic heterocycles. The van der Waals surface area contributed by atoms with Gasteiger partial charge in [0.15, 0.2) is 5.78 Å². The summed E-state index contributed by atoms with van der Waals surface area (Å²) in [4.78, 5) is 41.7. The summed E-state index contributed by atoms with van der Waals surface area (Å²) in [6.07, 6.45) is 0.993. The van der Waals surface area contributed by atoms with E-state index in [9.17, 15) is 14.4 Å². The third kappa shape index (κ3) is 6.84. The monoisotopic (exact) mass is 397 g/mol. The molecule has 6 nitrogen and oxygen atoms in total. The molecule has 2 aromatic rings. The minimum Gasteiger partial charge on any atom is -0.481 e. The summed E-state index contributed by atoms with van der Waals surface area (Å²) in [5.74, 6) is -0.959. The second kappa shape index (κ2) is 11.1. The van der Waals surface area contributed by atoms with Crippen LogP contribution >= 0.6 is 0 Å². The Hall–Kier alpha value is -2.99. The molecular formula is C23H27NO5. The second-order valence-corrected chi connectivity index (χ2v) is 7.28. The molecule has 0 bridgehead atoms. The van der Waals surface area contributed by atoms with E-state index in [1.807, 2.05) is 44.2 Å². The van der Waals surface area contributed by atoms with Gasteiger partial charge in [-0.1, -0.05) is 68.4 Å². The van der Waals surface area contributed by atoms with E-state index in [4.69, 9.17) is 9.94 Å². The normalized spacial score (nSPS) is 11.8. The minimum absolute atomic E-state index is 0.0614. The van der Waals surface area contributed by atoms with Crippen molar-refractivity contribution in [2.75, 3.05) is 0 Å². The van der Waals surface area contributed by atoms with Crippen LogP contribution in [0.4, 0.5) is 0 Å². The van der Waals surface area contributed by atoms with Crippen LogP contribution in [-0.2, 0) is 32.2 Å². The standard InChI is InChI=1S/C23H27NO5/c1-17(2)14-21(26)23(20-11-7-6-10-19(20)12-13-22(27)28)24(16-25)29-15-18-8-4-3-5-9-18/h3-11,16-17,23H,12-15H2,1-2H3,(H,27,28). The Labute approximate surface area is 171 Å². The van der Waals surface area contributed by atoms with Crippen LogP contribution in [0.2, 0.25) is 0 Å². The van der Waals surface area contributed by atoms with Gasteiger partial charge in [0, 0.05) is 12.8 Å². The molecule has 0 heterocycles. The Morgan fingerprint density at radius 1 is 1.07 bits per heavy atom. The number of rotatable bonds is 12. The fourth-order valence-corrected chi connectivity index (χ4v) is 3.13. The fourth-order valence-electron chi connectivity index (χ4n) is 3.13. The van der Waals surface area contributed by atoms with Crippen LogP contribution < -0.4 is 0 Å². The molecule has 0 aliphatic carbocycles. The first-order chi connectivity index (χ1) is 13.9. The summed E-state index contributed by atoms with van der Waals surface area (Å²) in [5.41, 5.74) is 2.18. The maximum absolute atomic E-state index is 13.1. The van der Waals surface area contributed by atoms with Gasteiger partial charge in [-0.3, -0.25) is 19.2 Å². The van der Waals surface area contributed by atoms with Gasteiger partial charge in [-0.15, -0.1) is 0 Å². The highest BCUT2D eigenvalue weighted by atomic mass is 16.7. The molecule has 1 atom stereocenters. The van der Waals surface area contributed by atoms with Crippen molar-refractivity contribution >= 4 is 18.2 Å². The topological polar surface area (TPSA) is 83.9 Å². The Morgan fingerprint density at radius 2 is 1.72 bits per heavy atom. The molecule has 0 spiro atoms. The van der Waals surface area contributed by atoms with Crippen LogP contribution in [0.3, 0.4) is 0 Å². The average molecular weight is 397 g/mol. The molecular weight excluding hydrogens is 370 g/mol. The lowest BCUT2D eigenvalue weighted by atomic mass is 9.91. The summed E-state index contributed by atoms with van der Waals surface area (Å²) in [7, 11) is 0. The highest BCUT2D eigenvalue weighted by Gasteiger charge is 2.30. The number of benzene rings is 2. The van der Waals surface area contributed by atoms with Crippen LogP contribution in [0, 0.1) is 5.92 Å². The van der Waals surface area contributed by atoms with Crippen molar-refractivity contribution in [2.24, 2.45) is 5.92 Å². The summed E-state index contributed by atoms with van der Waals surface area (Å²) >= 11 is 0. The zero-order chi connectivity index (χ0) is 21.2. The van der Waals surface area contributed by atoms with Gasteiger partial charge in [-0.05, 0) is 29.0 Å². The predicted octanol–water partition coefficient (Wildman–Crippen LogP) is 3.95. The number of nitrogens with zero attached hydrogens (tertiary/aromatic N) is 1. The van der Waals surface area contributed by atoms with Crippen molar-refractivity contribution in [1.29, 1.82) is 0 Å². The van der Waals surface area contributed by atoms with Crippen molar-refractivity contribution < 1.29 is 24.3 Å². The van der Waals surface area contributed by atoms with Crippen molar-refractivity contribution in [3.05, 3.63) is 71.3 Å². The van der Waals surface area contributed by atoms with E-state index in [-0.39, 0.29) is 37.6 Å². The lowest BCUT2D eigenvalue weighted by Crippen LogP contribution is -2.34. The number of carboxylic acid groups (broad SMARTS) is 1. The summed E-state index contributed by atoms with van der Waals surface area (Å²) in [6.45, 7) is 4.01. The quantitative estimate of drug-likeness (QED) is 0.433. The van der Waals surface area contributed by atoms with Crippen LogP contribution in [0.1, 0.15) is 49.4 Å². The molecule has 0 fully saturated rings. The van der Waals surface area contributed by atoms with Gasteiger partial charge in [0.25, 0.3) is 0 Å². The van der Waals surface area contributed by atoms with Crippen LogP contribution in [0.25, 0.3) is 0 Å². The third-order valence-corrected chi connectivity index (χ3v) is 4.45. The van der Waals surface area contributed by atoms with Gasteiger partial charge in [0.1, 0.15) is 12.6 Å². The first-order valence-corrected chi connectivity index (χ1v) is 9.65. The lowest BCUT2D eigenvalue weighted by Gasteiger charge is -2.28. The molecule has 0 radical (unpaired) electrons. The number of hydroxylamine groups is 2. The average Bonchev–Trinajstić information content (AvgIpc) is 2.70. The number of ketones is 1. The van der Waals surface area contributed by atoms with E-state index in [1.165, 1.54) is 0 Å².